The molecule has 3 aliphatic heterocycles. The highest BCUT2D eigenvalue weighted by atomic mass is 16.6. The number of aliphatic hydroxyl groups excluding tert-OH is 1. The third-order valence-electron chi connectivity index (χ3n) is 15.6. The van der Waals surface area contributed by atoms with Crippen LogP contribution in [0.2, 0.25) is 0 Å². The number of Topliss-reactive ketones (excluding diaryl/α,β-unsaturated/α-hetero) is 3. The number of hydrogen-bond acceptors (Lipinski definition) is 16. The highest BCUT2D eigenvalue weighted by Gasteiger charge is 2.53. The summed E-state index contributed by atoms with van der Waals surface area (Å²) in [5, 5.41) is 30.7. The van der Waals surface area contributed by atoms with Crippen molar-refractivity contribution in [2.45, 2.75) is 193 Å². The summed E-state index contributed by atoms with van der Waals surface area (Å²) in [6.07, 6.45) is 9.76. The standard InChI is InChI=1S/C57H87NO17/c1-34-16-12-11-13-17-35(2)46(69-8)32-42-21-19-40(7)57(68,75-42)54(65)55(66)58-25-15-14-18-43(58)56(67)73-47(37(4)30-41-20-22-45(72-27-26-59)48(31-41)70-9)33-44(60)36(3)29-39(6)52(74-50(63)24-23-49(61)62)53(71-10)51(64)38(5)28-34/h11-13,16-17,29,34,36-38,40-43,45-48,52-53,59,68H,14-15,18-28,30-33H2,1-10H3,(H,61,62)/b13-11?,16-12+,35-17?,39-29+/t34-,36-,37-,38-,40-,41+,42+,43+,45-,46+,47+,48-,52-,53+,57-/m1/s1. The topological polar surface area (TPSA) is 248 Å². The molecule has 0 radical (unpaired) electrons. The van der Waals surface area contributed by atoms with Crippen molar-refractivity contribution in [3.8, 4) is 0 Å². The summed E-state index contributed by atoms with van der Waals surface area (Å²) in [5.41, 5.74) is 1.15. The Labute approximate surface area is 443 Å². The van der Waals surface area contributed by atoms with E-state index in [4.69, 9.17) is 33.2 Å². The number of fused-ring (bicyclic) bond motifs is 3. The molecule has 1 amide bonds. The van der Waals surface area contributed by atoms with Gasteiger partial charge < -0.3 is 53.4 Å². The van der Waals surface area contributed by atoms with E-state index in [1.54, 1.807) is 48.0 Å². The van der Waals surface area contributed by atoms with Gasteiger partial charge in [0.2, 0.25) is 5.79 Å². The maximum atomic E-state index is 14.6. The van der Waals surface area contributed by atoms with Gasteiger partial charge in [-0.05, 0) is 107 Å². The zero-order valence-electron chi connectivity index (χ0n) is 46.1. The molecule has 3 heterocycles. The molecule has 4 aliphatic rings. The first-order chi connectivity index (χ1) is 35.6. The molecule has 1 aliphatic carbocycles. The highest BCUT2D eigenvalue weighted by molar-refractivity contribution is 6.39. The number of piperidine rings is 1. The van der Waals surface area contributed by atoms with E-state index in [0.717, 1.165) is 16.9 Å². The van der Waals surface area contributed by atoms with Crippen molar-refractivity contribution in [3.05, 3.63) is 47.6 Å². The van der Waals surface area contributed by atoms with Crippen molar-refractivity contribution < 1.29 is 82.0 Å². The summed E-state index contributed by atoms with van der Waals surface area (Å²) < 4.78 is 41.6. The van der Waals surface area contributed by atoms with Crippen molar-refractivity contribution in [2.24, 2.45) is 35.5 Å². The van der Waals surface area contributed by atoms with Crippen LogP contribution in [0, 0.1) is 35.5 Å². The average Bonchev–Trinajstić information content (AvgIpc) is 3.38. The smallest absolute Gasteiger partial charge is 0.329 e. The quantitative estimate of drug-likeness (QED) is 0.0997. The molecule has 0 aromatic carbocycles. The summed E-state index contributed by atoms with van der Waals surface area (Å²) >= 11 is 0. The first kappa shape index (κ1) is 63.1. The number of hydrogen-bond donors (Lipinski definition) is 3. The lowest BCUT2D eigenvalue weighted by Crippen LogP contribution is -2.61. The Bertz CT molecular complexity index is 2060. The molecule has 75 heavy (non-hydrogen) atoms. The van der Waals surface area contributed by atoms with Gasteiger partial charge in [0, 0.05) is 58.5 Å². The largest absolute Gasteiger partial charge is 0.481 e. The number of cyclic esters (lactones) is 1. The van der Waals surface area contributed by atoms with Crippen LogP contribution < -0.4 is 0 Å². The monoisotopic (exact) mass is 1060 g/mol. The summed E-state index contributed by atoms with van der Waals surface area (Å²) in [4.78, 5) is 97.8. The van der Waals surface area contributed by atoms with Gasteiger partial charge in [-0.15, -0.1) is 0 Å². The van der Waals surface area contributed by atoms with Crippen LogP contribution in [0.3, 0.4) is 0 Å². The number of carboxylic acid groups (broad SMARTS) is 1. The Kier molecular flexibility index (Phi) is 25.7. The summed E-state index contributed by atoms with van der Waals surface area (Å²) in [6, 6.07) is -1.20. The molecular weight excluding hydrogens is 971 g/mol. The van der Waals surface area contributed by atoms with Gasteiger partial charge in [0.15, 0.2) is 18.0 Å². The fourth-order valence-electron chi connectivity index (χ4n) is 11.0. The number of aliphatic hydroxyl groups is 2. The molecule has 0 aromatic heterocycles. The third kappa shape index (κ3) is 18.1. The zero-order chi connectivity index (χ0) is 55.6. The normalized spacial score (nSPS) is 35.3. The predicted octanol–water partition coefficient (Wildman–Crippen LogP) is 6.61. The van der Waals surface area contributed by atoms with Gasteiger partial charge >= 0.3 is 17.9 Å². The molecule has 422 valence electrons. The second-order valence-electron chi connectivity index (χ2n) is 21.5. The van der Waals surface area contributed by atoms with Crippen molar-refractivity contribution in [1.29, 1.82) is 0 Å². The molecule has 2 bridgehead atoms. The summed E-state index contributed by atoms with van der Waals surface area (Å²) in [5.74, 6) is -10.9. The Morgan fingerprint density at radius 1 is 0.840 bits per heavy atom. The maximum Gasteiger partial charge on any atom is 0.329 e. The van der Waals surface area contributed by atoms with Crippen LogP contribution >= 0.6 is 0 Å². The molecule has 2 saturated heterocycles. The van der Waals surface area contributed by atoms with E-state index >= 15 is 0 Å². The van der Waals surface area contributed by atoms with Gasteiger partial charge in [0.05, 0.1) is 50.5 Å². The number of aliphatic carboxylic acids is 1. The number of carboxylic acids is 1. The van der Waals surface area contributed by atoms with Gasteiger partial charge in [-0.2, -0.15) is 0 Å². The SMILES string of the molecule is CO[C@H]1C[C@@H]2CC[C@@H](C)[C@@](O)(O2)C(=O)C(=O)N2CCCC[C@H]2C(=O)O[C@H]([C@H](C)C[C@@H]2CC[C@@H](OCCO)[C@H](OC)C2)CC(=O)[C@H](C)/C=C(\C)[C@@H](OC(=O)CCC(=O)O)[C@@H](OC)C(=O)[C@H](C)C[C@H](C)/C=C/C=CC=C1C. The van der Waals surface area contributed by atoms with Crippen LogP contribution in [-0.4, -0.2) is 157 Å². The lowest BCUT2D eigenvalue weighted by Gasteiger charge is -2.42. The number of esters is 2. The van der Waals surface area contributed by atoms with Crippen LogP contribution in [0.5, 0.6) is 0 Å². The Morgan fingerprint density at radius 2 is 1.57 bits per heavy atom. The summed E-state index contributed by atoms with van der Waals surface area (Å²) in [7, 11) is 4.48. The summed E-state index contributed by atoms with van der Waals surface area (Å²) in [6.45, 7) is 12.5. The van der Waals surface area contributed by atoms with Crippen LogP contribution in [0.15, 0.2) is 47.6 Å². The third-order valence-corrected chi connectivity index (χ3v) is 15.6. The van der Waals surface area contributed by atoms with Crippen LogP contribution in [0.1, 0.15) is 138 Å². The molecule has 0 aromatic rings. The Morgan fingerprint density at radius 3 is 2.24 bits per heavy atom. The second kappa shape index (κ2) is 30.5. The number of amides is 1. The first-order valence-corrected chi connectivity index (χ1v) is 27.0. The van der Waals surface area contributed by atoms with Gasteiger partial charge in [0.1, 0.15) is 17.9 Å². The maximum absolute atomic E-state index is 14.6. The number of ketones is 3. The van der Waals surface area contributed by atoms with E-state index in [1.165, 1.54) is 7.11 Å². The van der Waals surface area contributed by atoms with E-state index < -0.39 is 108 Å². The first-order valence-electron chi connectivity index (χ1n) is 27.0. The minimum absolute atomic E-state index is 0.0433. The number of carbonyl (C=O) groups is 7. The van der Waals surface area contributed by atoms with E-state index in [-0.39, 0.29) is 74.6 Å². The van der Waals surface area contributed by atoms with Crippen molar-refractivity contribution in [3.63, 3.8) is 0 Å². The second-order valence-corrected chi connectivity index (χ2v) is 21.5. The average molecular weight is 1060 g/mol. The molecular formula is C57H87NO17. The Hall–Kier alpha value is -4.43. The number of methoxy groups -OCH3 is 3. The molecule has 1 saturated carbocycles. The van der Waals surface area contributed by atoms with Crippen molar-refractivity contribution in [2.75, 3.05) is 41.1 Å². The minimum Gasteiger partial charge on any atom is -0.481 e. The number of allylic oxidation sites excluding steroid dienone is 6. The van der Waals surface area contributed by atoms with Crippen molar-refractivity contribution >= 4 is 41.2 Å². The molecule has 4 rings (SSSR count). The number of nitrogens with zero attached hydrogens (tertiary/aromatic N) is 1. The molecule has 0 unspecified atom stereocenters. The number of carbonyl (C=O) groups excluding carboxylic acids is 6. The molecule has 3 fully saturated rings. The fraction of sp³-hybridized carbons (Fsp3) is 0.737. The van der Waals surface area contributed by atoms with Crippen LogP contribution in [0.25, 0.3) is 0 Å². The Balaban J connectivity index is 1.77. The fourth-order valence-corrected chi connectivity index (χ4v) is 11.0. The van der Waals surface area contributed by atoms with Crippen LogP contribution in [0.4, 0.5) is 0 Å². The van der Waals surface area contributed by atoms with Gasteiger partial charge in [-0.3, -0.25) is 28.8 Å². The lowest BCUT2D eigenvalue weighted by atomic mass is 9.78. The molecule has 15 atom stereocenters. The number of rotatable bonds is 13. The zero-order valence-corrected chi connectivity index (χ0v) is 46.1. The van der Waals surface area contributed by atoms with Gasteiger partial charge in [-0.1, -0.05) is 71.1 Å². The molecule has 18 nitrogen and oxygen atoms in total. The molecule has 3 N–H and O–H groups in total. The van der Waals surface area contributed by atoms with Gasteiger partial charge in [-0.25, -0.2) is 4.79 Å². The minimum atomic E-state index is -2.47. The van der Waals surface area contributed by atoms with E-state index in [9.17, 15) is 48.9 Å². The molecule has 0 spiro atoms. The van der Waals surface area contributed by atoms with E-state index in [0.29, 0.717) is 56.9 Å². The predicted molar refractivity (Wildman–Crippen MR) is 277 cm³/mol. The van der Waals surface area contributed by atoms with E-state index in [2.05, 4.69) is 0 Å². The molecule has 18 heteroatoms. The highest BCUT2D eigenvalue weighted by Crippen LogP contribution is 2.38. The van der Waals surface area contributed by atoms with Gasteiger partial charge in [0.25, 0.3) is 11.7 Å². The van der Waals surface area contributed by atoms with Crippen LogP contribution in [-0.2, 0) is 66.7 Å². The number of ether oxygens (including phenoxy) is 7. The lowest BCUT2D eigenvalue weighted by molar-refractivity contribution is -0.265. The van der Waals surface area contributed by atoms with E-state index in [1.807, 2.05) is 51.2 Å². The van der Waals surface area contributed by atoms with Crippen molar-refractivity contribution in [1.82, 2.24) is 4.90 Å².